The van der Waals surface area contributed by atoms with Crippen molar-refractivity contribution >= 4 is 11.6 Å². The third-order valence-electron chi connectivity index (χ3n) is 4.72. The number of nitrogens with two attached hydrogens (primary N) is 1. The summed E-state index contributed by atoms with van der Waals surface area (Å²) < 4.78 is 0. The molecule has 1 aromatic carbocycles. The van der Waals surface area contributed by atoms with E-state index >= 15 is 0 Å². The third-order valence-corrected chi connectivity index (χ3v) is 4.72. The lowest BCUT2D eigenvalue weighted by molar-refractivity contribution is -0.707. The molecular formula is C19H31N2O+. The van der Waals surface area contributed by atoms with Crippen LogP contribution in [-0.2, 0) is 4.79 Å². The Kier molecular flexibility index (Phi) is 6.44. The van der Waals surface area contributed by atoms with Crippen LogP contribution < -0.4 is 10.6 Å². The molecule has 3 heteroatoms. The predicted octanol–water partition coefficient (Wildman–Crippen LogP) is 3.42. The van der Waals surface area contributed by atoms with Gasteiger partial charge in [0.2, 0.25) is 0 Å². The van der Waals surface area contributed by atoms with Crippen molar-refractivity contribution in [1.29, 1.82) is 0 Å². The second kappa shape index (κ2) is 8.33. The summed E-state index contributed by atoms with van der Waals surface area (Å²) in [5.41, 5.74) is 2.20. The van der Waals surface area contributed by atoms with E-state index in [9.17, 15) is 4.79 Å². The average Bonchev–Trinajstić information content (AvgIpc) is 2.76. The van der Waals surface area contributed by atoms with Crippen LogP contribution in [-0.4, -0.2) is 18.0 Å². The van der Waals surface area contributed by atoms with Crippen LogP contribution in [0.2, 0.25) is 0 Å². The van der Waals surface area contributed by atoms with Gasteiger partial charge in [-0.25, -0.2) is 0 Å². The molecule has 0 spiro atoms. The minimum atomic E-state index is -0.0205. The molecule has 0 radical (unpaired) electrons. The fourth-order valence-electron chi connectivity index (χ4n) is 3.21. The van der Waals surface area contributed by atoms with Gasteiger partial charge in [0.25, 0.3) is 5.91 Å². The second-order valence-electron chi connectivity index (χ2n) is 7.00. The van der Waals surface area contributed by atoms with E-state index in [1.54, 1.807) is 0 Å². The maximum atomic E-state index is 12.3. The van der Waals surface area contributed by atoms with Gasteiger partial charge in [-0.05, 0) is 56.2 Å². The number of carbonyl (C=O) groups is 1. The minimum absolute atomic E-state index is 0.0205. The van der Waals surface area contributed by atoms with Crippen LogP contribution in [0, 0.1) is 0 Å². The van der Waals surface area contributed by atoms with E-state index in [2.05, 4.69) is 36.6 Å². The molecule has 1 fully saturated rings. The molecule has 1 atom stereocenters. The van der Waals surface area contributed by atoms with Crippen molar-refractivity contribution in [2.45, 2.75) is 77.3 Å². The van der Waals surface area contributed by atoms with E-state index in [0.29, 0.717) is 12.0 Å². The smallest absolute Gasteiger partial charge is 0.282 e. The van der Waals surface area contributed by atoms with Crippen molar-refractivity contribution in [3.8, 4) is 0 Å². The first-order chi connectivity index (χ1) is 10.6. The van der Waals surface area contributed by atoms with Gasteiger partial charge in [0, 0.05) is 5.69 Å². The zero-order valence-electron chi connectivity index (χ0n) is 14.3. The molecule has 1 saturated carbocycles. The van der Waals surface area contributed by atoms with E-state index in [-0.39, 0.29) is 11.9 Å². The molecule has 3 N–H and O–H groups in total. The largest absolute Gasteiger partial charge is 0.334 e. The third kappa shape index (κ3) is 5.13. The maximum absolute atomic E-state index is 12.3. The number of nitrogens with one attached hydrogen (secondary N) is 1. The first kappa shape index (κ1) is 17.0. The fourth-order valence-corrected chi connectivity index (χ4v) is 3.21. The molecule has 0 unspecified atom stereocenters. The van der Waals surface area contributed by atoms with E-state index in [4.69, 9.17) is 0 Å². The molecule has 1 aliphatic rings. The molecule has 0 heterocycles. The minimum Gasteiger partial charge on any atom is -0.334 e. The Morgan fingerprint density at radius 2 is 1.64 bits per heavy atom. The van der Waals surface area contributed by atoms with Gasteiger partial charge < -0.3 is 10.6 Å². The van der Waals surface area contributed by atoms with Crippen LogP contribution >= 0.6 is 0 Å². The Morgan fingerprint density at radius 3 is 2.18 bits per heavy atom. The SMILES string of the molecule is CC(C)c1ccc(NC(=O)[C@H](C)[NH2+]C2CCCCCC2)cc1. The van der Waals surface area contributed by atoms with E-state index in [1.165, 1.54) is 44.1 Å². The molecule has 1 aliphatic carbocycles. The molecule has 0 saturated heterocycles. The molecule has 1 amide bonds. The summed E-state index contributed by atoms with van der Waals surface area (Å²) in [4.78, 5) is 12.3. The van der Waals surface area contributed by atoms with Crippen LogP contribution in [0.25, 0.3) is 0 Å². The number of quaternary nitrogens is 1. The number of hydrogen-bond donors (Lipinski definition) is 2. The highest BCUT2D eigenvalue weighted by molar-refractivity contribution is 5.93. The van der Waals surface area contributed by atoms with Crippen molar-refractivity contribution in [3.05, 3.63) is 29.8 Å². The van der Waals surface area contributed by atoms with E-state index in [0.717, 1.165) is 5.69 Å². The topological polar surface area (TPSA) is 45.7 Å². The van der Waals surface area contributed by atoms with Crippen molar-refractivity contribution in [2.75, 3.05) is 5.32 Å². The number of amides is 1. The zero-order valence-corrected chi connectivity index (χ0v) is 14.3. The van der Waals surface area contributed by atoms with Crippen molar-refractivity contribution in [3.63, 3.8) is 0 Å². The molecule has 3 nitrogen and oxygen atoms in total. The lowest BCUT2D eigenvalue weighted by Gasteiger charge is -2.18. The maximum Gasteiger partial charge on any atom is 0.282 e. The molecule has 0 aliphatic heterocycles. The number of anilines is 1. The second-order valence-corrected chi connectivity index (χ2v) is 7.00. The Hall–Kier alpha value is -1.35. The van der Waals surface area contributed by atoms with Crippen LogP contribution in [0.5, 0.6) is 0 Å². The summed E-state index contributed by atoms with van der Waals surface area (Å²) in [5.74, 6) is 0.633. The van der Waals surface area contributed by atoms with E-state index in [1.807, 2.05) is 19.1 Å². The summed E-state index contributed by atoms with van der Waals surface area (Å²) in [7, 11) is 0. The summed E-state index contributed by atoms with van der Waals surface area (Å²) in [6.07, 6.45) is 7.83. The molecule has 0 aromatic heterocycles. The van der Waals surface area contributed by atoms with Gasteiger partial charge in [-0.1, -0.05) is 38.8 Å². The highest BCUT2D eigenvalue weighted by atomic mass is 16.2. The quantitative estimate of drug-likeness (QED) is 0.804. The highest BCUT2D eigenvalue weighted by Crippen LogP contribution is 2.17. The summed E-state index contributed by atoms with van der Waals surface area (Å²) in [6.45, 7) is 6.37. The van der Waals surface area contributed by atoms with Gasteiger partial charge in [-0.15, -0.1) is 0 Å². The van der Waals surface area contributed by atoms with E-state index < -0.39 is 0 Å². The number of carbonyl (C=O) groups excluding carboxylic acids is 1. The average molecular weight is 303 g/mol. The first-order valence-corrected chi connectivity index (χ1v) is 8.82. The summed E-state index contributed by atoms with van der Waals surface area (Å²) in [5, 5.41) is 5.31. The van der Waals surface area contributed by atoms with Crippen LogP contribution in [0.1, 0.15) is 70.8 Å². The molecule has 0 bridgehead atoms. The number of rotatable bonds is 5. The molecular weight excluding hydrogens is 272 g/mol. The lowest BCUT2D eigenvalue weighted by Crippen LogP contribution is -2.96. The van der Waals surface area contributed by atoms with Crippen LogP contribution in [0.4, 0.5) is 5.69 Å². The van der Waals surface area contributed by atoms with Gasteiger partial charge in [-0.3, -0.25) is 4.79 Å². The van der Waals surface area contributed by atoms with Crippen molar-refractivity contribution < 1.29 is 10.1 Å². The van der Waals surface area contributed by atoms with Gasteiger partial charge in [0.15, 0.2) is 6.04 Å². The van der Waals surface area contributed by atoms with Crippen molar-refractivity contribution in [1.82, 2.24) is 0 Å². The molecule has 22 heavy (non-hydrogen) atoms. The van der Waals surface area contributed by atoms with Gasteiger partial charge in [0.05, 0.1) is 6.04 Å². The molecule has 122 valence electrons. The van der Waals surface area contributed by atoms with Crippen molar-refractivity contribution in [2.24, 2.45) is 0 Å². The number of hydrogen-bond acceptors (Lipinski definition) is 1. The normalized spacial score (nSPS) is 18.0. The van der Waals surface area contributed by atoms with Gasteiger partial charge in [-0.2, -0.15) is 0 Å². The Labute approximate surface area is 134 Å². The fraction of sp³-hybridized carbons (Fsp3) is 0.632. The van der Waals surface area contributed by atoms with Crippen LogP contribution in [0.3, 0.4) is 0 Å². The van der Waals surface area contributed by atoms with Gasteiger partial charge >= 0.3 is 0 Å². The Morgan fingerprint density at radius 1 is 1.05 bits per heavy atom. The molecule has 1 aromatic rings. The first-order valence-electron chi connectivity index (χ1n) is 8.82. The number of benzene rings is 1. The molecule has 2 rings (SSSR count). The lowest BCUT2D eigenvalue weighted by atomic mass is 10.0. The van der Waals surface area contributed by atoms with Gasteiger partial charge in [0.1, 0.15) is 0 Å². The zero-order chi connectivity index (χ0) is 15.9. The standard InChI is InChI=1S/C19H30N2O/c1-14(2)16-10-12-18(13-11-16)21-19(22)15(3)20-17-8-6-4-5-7-9-17/h10-15,17,20H,4-9H2,1-3H3,(H,21,22)/p+1/t15-/m0/s1. The van der Waals surface area contributed by atoms with Crippen LogP contribution in [0.15, 0.2) is 24.3 Å². The Balaban J connectivity index is 1.84. The monoisotopic (exact) mass is 303 g/mol. The Bertz CT molecular complexity index is 459. The summed E-state index contributed by atoms with van der Waals surface area (Å²) in [6, 6.07) is 8.80. The summed E-state index contributed by atoms with van der Waals surface area (Å²) >= 11 is 0. The highest BCUT2D eigenvalue weighted by Gasteiger charge is 2.22. The predicted molar refractivity (Wildman–Crippen MR) is 92.0 cm³/mol.